The molecule has 17 heavy (non-hydrogen) atoms. The van der Waals surface area contributed by atoms with Crippen LogP contribution in [0.25, 0.3) is 11.0 Å². The molecule has 1 saturated carbocycles. The highest BCUT2D eigenvalue weighted by Crippen LogP contribution is 2.51. The van der Waals surface area contributed by atoms with E-state index in [0.29, 0.717) is 0 Å². The summed E-state index contributed by atoms with van der Waals surface area (Å²) >= 11 is 0. The van der Waals surface area contributed by atoms with Crippen LogP contribution in [0.4, 0.5) is 0 Å². The Morgan fingerprint density at radius 3 is 2.94 bits per heavy atom. The molecule has 0 radical (unpaired) electrons. The zero-order valence-corrected chi connectivity index (χ0v) is 9.56. The summed E-state index contributed by atoms with van der Waals surface area (Å²) in [5.41, 5.74) is 2.56. The highest BCUT2D eigenvalue weighted by Gasteiger charge is 2.46. The summed E-state index contributed by atoms with van der Waals surface area (Å²) in [6, 6.07) is 5.87. The summed E-state index contributed by atoms with van der Waals surface area (Å²) < 4.78 is 5.15. The molecule has 0 unspecified atom stereocenters. The van der Waals surface area contributed by atoms with Crippen LogP contribution in [0.2, 0.25) is 0 Å². The fraction of sp³-hybridized carbons (Fsp3) is 0.385. The van der Waals surface area contributed by atoms with E-state index in [0.717, 1.165) is 35.1 Å². The van der Waals surface area contributed by atoms with Crippen LogP contribution in [0.5, 0.6) is 0 Å². The smallest absolute Gasteiger partial charge is 0.304 e. The van der Waals surface area contributed by atoms with Gasteiger partial charge in [0.25, 0.3) is 0 Å². The van der Waals surface area contributed by atoms with Gasteiger partial charge < -0.3 is 9.63 Å². The van der Waals surface area contributed by atoms with E-state index in [-0.39, 0.29) is 11.8 Å². The van der Waals surface area contributed by atoms with Crippen molar-refractivity contribution in [3.63, 3.8) is 0 Å². The van der Waals surface area contributed by atoms with E-state index in [4.69, 9.17) is 9.63 Å². The quantitative estimate of drug-likeness (QED) is 0.882. The topological polar surface area (TPSA) is 63.3 Å². The number of carboxylic acids is 1. The molecule has 1 heterocycles. The van der Waals surface area contributed by atoms with Gasteiger partial charge in [0.15, 0.2) is 5.58 Å². The highest BCUT2D eigenvalue weighted by molar-refractivity contribution is 5.81. The van der Waals surface area contributed by atoms with E-state index in [2.05, 4.69) is 5.16 Å². The second-order valence-corrected chi connectivity index (χ2v) is 4.83. The van der Waals surface area contributed by atoms with Gasteiger partial charge in [-0.3, -0.25) is 4.79 Å². The lowest BCUT2D eigenvalue weighted by molar-refractivity contribution is -0.137. The Kier molecular flexibility index (Phi) is 2.02. The van der Waals surface area contributed by atoms with Gasteiger partial charge in [-0.05, 0) is 37.5 Å². The standard InChI is InChI=1S/C13H13NO3/c1-8-10-6-9(2-3-11(10)17-14-8)13(4-5-13)7-12(15)16/h2-3,6H,4-5,7H2,1H3,(H,15,16). The Morgan fingerprint density at radius 2 is 2.29 bits per heavy atom. The molecule has 1 N–H and O–H groups in total. The molecule has 4 nitrogen and oxygen atoms in total. The fourth-order valence-corrected chi connectivity index (χ4v) is 2.40. The maximum Gasteiger partial charge on any atom is 0.304 e. The van der Waals surface area contributed by atoms with Crippen molar-refractivity contribution in [2.45, 2.75) is 31.6 Å². The summed E-state index contributed by atoms with van der Waals surface area (Å²) in [6.45, 7) is 1.90. The van der Waals surface area contributed by atoms with Crippen molar-refractivity contribution in [2.75, 3.05) is 0 Å². The average molecular weight is 231 g/mol. The second-order valence-electron chi connectivity index (χ2n) is 4.83. The molecule has 88 valence electrons. The molecule has 0 saturated heterocycles. The third-order valence-corrected chi connectivity index (χ3v) is 3.61. The van der Waals surface area contributed by atoms with E-state index >= 15 is 0 Å². The van der Waals surface area contributed by atoms with Gasteiger partial charge >= 0.3 is 5.97 Å². The maximum absolute atomic E-state index is 10.9. The van der Waals surface area contributed by atoms with Crippen LogP contribution in [-0.4, -0.2) is 16.2 Å². The van der Waals surface area contributed by atoms with Gasteiger partial charge in [0.1, 0.15) is 0 Å². The fourth-order valence-electron chi connectivity index (χ4n) is 2.40. The van der Waals surface area contributed by atoms with Crippen molar-refractivity contribution in [1.29, 1.82) is 0 Å². The molecule has 0 amide bonds. The number of benzene rings is 1. The number of rotatable bonds is 3. The molecule has 0 spiro atoms. The molecule has 1 aromatic heterocycles. The molecule has 3 rings (SSSR count). The predicted molar refractivity (Wildman–Crippen MR) is 61.9 cm³/mol. The summed E-state index contributed by atoms with van der Waals surface area (Å²) in [6.07, 6.45) is 2.12. The summed E-state index contributed by atoms with van der Waals surface area (Å²) in [7, 11) is 0. The van der Waals surface area contributed by atoms with Crippen LogP contribution in [-0.2, 0) is 10.2 Å². The normalized spacial score (nSPS) is 17.2. The third-order valence-electron chi connectivity index (χ3n) is 3.61. The molecule has 1 aromatic carbocycles. The molecule has 2 aromatic rings. The van der Waals surface area contributed by atoms with E-state index < -0.39 is 5.97 Å². The second kappa shape index (κ2) is 3.32. The van der Waals surface area contributed by atoms with Crippen LogP contribution in [0.1, 0.15) is 30.5 Å². The largest absolute Gasteiger partial charge is 0.481 e. The first kappa shape index (κ1) is 10.3. The van der Waals surface area contributed by atoms with Gasteiger partial charge in [0.2, 0.25) is 0 Å². The third kappa shape index (κ3) is 1.60. The van der Waals surface area contributed by atoms with Gasteiger partial charge in [-0.2, -0.15) is 0 Å². The lowest BCUT2D eigenvalue weighted by Crippen LogP contribution is -2.12. The highest BCUT2D eigenvalue weighted by atomic mass is 16.5. The first-order chi connectivity index (χ1) is 8.11. The molecular weight excluding hydrogens is 218 g/mol. The number of aliphatic carboxylic acids is 1. The molecule has 0 bridgehead atoms. The molecule has 0 atom stereocenters. The maximum atomic E-state index is 10.9. The minimum atomic E-state index is -0.732. The molecular formula is C13H13NO3. The molecule has 0 aliphatic heterocycles. The van der Waals surface area contributed by atoms with E-state index in [1.165, 1.54) is 0 Å². The molecule has 4 heteroatoms. The Hall–Kier alpha value is -1.84. The Labute approximate surface area is 98.2 Å². The lowest BCUT2D eigenvalue weighted by atomic mass is 9.91. The van der Waals surface area contributed by atoms with Crippen LogP contribution in [0, 0.1) is 6.92 Å². The number of aromatic nitrogens is 1. The first-order valence-corrected chi connectivity index (χ1v) is 5.69. The number of nitrogens with zero attached hydrogens (tertiary/aromatic N) is 1. The molecule has 1 aliphatic rings. The zero-order chi connectivity index (χ0) is 12.0. The number of carbonyl (C=O) groups is 1. The predicted octanol–water partition coefficient (Wildman–Crippen LogP) is 2.64. The van der Waals surface area contributed by atoms with Gasteiger partial charge in [-0.1, -0.05) is 11.2 Å². The Balaban J connectivity index is 2.06. The summed E-state index contributed by atoms with van der Waals surface area (Å²) in [4.78, 5) is 10.9. The monoisotopic (exact) mass is 231 g/mol. The van der Waals surface area contributed by atoms with Crippen molar-refractivity contribution in [2.24, 2.45) is 0 Å². The first-order valence-electron chi connectivity index (χ1n) is 5.69. The summed E-state index contributed by atoms with van der Waals surface area (Å²) in [5.74, 6) is -0.732. The van der Waals surface area contributed by atoms with Crippen LogP contribution < -0.4 is 0 Å². The van der Waals surface area contributed by atoms with Gasteiger partial charge in [-0.25, -0.2) is 0 Å². The Bertz CT molecular complexity index is 596. The van der Waals surface area contributed by atoms with Crippen LogP contribution >= 0.6 is 0 Å². The van der Waals surface area contributed by atoms with Crippen LogP contribution in [0.3, 0.4) is 0 Å². The number of fused-ring (bicyclic) bond motifs is 1. The minimum absolute atomic E-state index is 0.149. The van der Waals surface area contributed by atoms with Crippen molar-refractivity contribution < 1.29 is 14.4 Å². The average Bonchev–Trinajstić information content (AvgIpc) is 2.97. The van der Waals surface area contributed by atoms with Crippen molar-refractivity contribution in [1.82, 2.24) is 5.16 Å². The van der Waals surface area contributed by atoms with Crippen molar-refractivity contribution in [3.8, 4) is 0 Å². The van der Waals surface area contributed by atoms with Crippen molar-refractivity contribution >= 4 is 16.9 Å². The number of hydrogen-bond donors (Lipinski definition) is 1. The van der Waals surface area contributed by atoms with Gasteiger partial charge in [-0.15, -0.1) is 0 Å². The van der Waals surface area contributed by atoms with Crippen LogP contribution in [0.15, 0.2) is 22.7 Å². The number of hydrogen-bond acceptors (Lipinski definition) is 3. The Morgan fingerprint density at radius 1 is 1.53 bits per heavy atom. The summed E-state index contributed by atoms with van der Waals surface area (Å²) in [5, 5.41) is 13.8. The SMILES string of the molecule is Cc1noc2ccc(C3(CC(=O)O)CC3)cc12. The number of carboxylic acid groups (broad SMARTS) is 1. The van der Waals surface area contributed by atoms with Gasteiger partial charge in [0.05, 0.1) is 12.1 Å². The zero-order valence-electron chi connectivity index (χ0n) is 9.56. The van der Waals surface area contributed by atoms with E-state index in [9.17, 15) is 4.79 Å². The molecule has 1 aliphatic carbocycles. The minimum Gasteiger partial charge on any atom is -0.481 e. The number of aryl methyl sites for hydroxylation is 1. The molecule has 1 fully saturated rings. The van der Waals surface area contributed by atoms with Gasteiger partial charge in [0, 0.05) is 10.8 Å². The van der Waals surface area contributed by atoms with Crippen molar-refractivity contribution in [3.05, 3.63) is 29.5 Å². The lowest BCUT2D eigenvalue weighted by Gasteiger charge is -2.12. The van der Waals surface area contributed by atoms with E-state index in [1.807, 2.05) is 25.1 Å². The van der Waals surface area contributed by atoms with E-state index in [1.54, 1.807) is 0 Å².